The lowest BCUT2D eigenvalue weighted by molar-refractivity contribution is 0.0218. The topological polar surface area (TPSA) is 24.5 Å². The molecule has 0 amide bonds. The Morgan fingerprint density at radius 3 is 2.26 bits per heavy atom. The van der Waals surface area contributed by atoms with Crippen LogP contribution in [0, 0.1) is 0 Å². The van der Waals surface area contributed by atoms with E-state index in [0.717, 1.165) is 12.6 Å². The minimum absolute atomic E-state index is 0.486. The van der Waals surface area contributed by atoms with Crippen molar-refractivity contribution in [2.45, 2.75) is 76.0 Å². The van der Waals surface area contributed by atoms with Gasteiger partial charge in [-0.15, -0.1) is 0 Å². The molecule has 3 nitrogen and oxygen atoms in total. The smallest absolute Gasteiger partial charge is 0.0707 e. The number of hydrogen-bond donors (Lipinski definition) is 1. The molecule has 0 aromatic rings. The fraction of sp³-hybridized carbons (Fsp3) is 1.00. The van der Waals surface area contributed by atoms with Crippen molar-refractivity contribution >= 4 is 0 Å². The molecule has 0 radical (unpaired) electrons. The fourth-order valence-electron chi connectivity index (χ4n) is 3.43. The molecule has 0 aromatic heterocycles. The van der Waals surface area contributed by atoms with E-state index in [1.807, 2.05) is 0 Å². The van der Waals surface area contributed by atoms with Gasteiger partial charge in [0.05, 0.1) is 12.2 Å². The summed E-state index contributed by atoms with van der Waals surface area (Å²) in [5, 5.41) is 3.60. The summed E-state index contributed by atoms with van der Waals surface area (Å²) in [5.41, 5.74) is 0. The Balaban J connectivity index is 1.35. The minimum Gasteiger partial charge on any atom is -0.372 e. The van der Waals surface area contributed by atoms with Gasteiger partial charge >= 0.3 is 0 Å². The van der Waals surface area contributed by atoms with Crippen molar-refractivity contribution in [3.63, 3.8) is 0 Å². The Bertz CT molecular complexity index is 259. The Labute approximate surface area is 118 Å². The lowest BCUT2D eigenvalue weighted by Gasteiger charge is -2.27. The molecule has 110 valence electrons. The van der Waals surface area contributed by atoms with Gasteiger partial charge in [0.1, 0.15) is 0 Å². The van der Waals surface area contributed by atoms with E-state index in [-0.39, 0.29) is 0 Å². The molecule has 2 heterocycles. The molecule has 1 N–H and O–H groups in total. The summed E-state index contributed by atoms with van der Waals surface area (Å²) in [6.07, 6.45) is 13.4. The van der Waals surface area contributed by atoms with Crippen molar-refractivity contribution in [1.82, 2.24) is 10.2 Å². The van der Waals surface area contributed by atoms with Crippen LogP contribution in [0.5, 0.6) is 0 Å². The summed E-state index contributed by atoms with van der Waals surface area (Å²) in [6.45, 7) is 4.86. The van der Waals surface area contributed by atoms with Crippen LogP contribution in [0.4, 0.5) is 0 Å². The fourth-order valence-corrected chi connectivity index (χ4v) is 3.43. The van der Waals surface area contributed by atoms with Gasteiger partial charge < -0.3 is 15.0 Å². The van der Waals surface area contributed by atoms with Crippen LogP contribution in [0.3, 0.4) is 0 Å². The zero-order valence-corrected chi connectivity index (χ0v) is 12.3. The third-order valence-electron chi connectivity index (χ3n) is 4.82. The molecule has 1 saturated carbocycles. The highest BCUT2D eigenvalue weighted by Gasteiger charge is 2.29. The number of likely N-dealkylation sites (tertiary alicyclic amines) is 1. The largest absolute Gasteiger partial charge is 0.372 e. The average molecular weight is 266 g/mol. The second-order valence-electron chi connectivity index (χ2n) is 6.71. The maximum Gasteiger partial charge on any atom is 0.0707 e. The third-order valence-corrected chi connectivity index (χ3v) is 4.82. The Kier molecular flexibility index (Phi) is 5.14. The summed E-state index contributed by atoms with van der Waals surface area (Å²) in [6, 6.07) is 0.817. The first-order chi connectivity index (χ1) is 9.40. The minimum atomic E-state index is 0.486. The standard InChI is InChI=1S/C16H30N2O/c1-2-4-10-18(11-5-3-1)13-16-9-8-15(19-16)12-17-14-6-7-14/h14-17H,1-13H2. The third kappa shape index (κ3) is 4.73. The summed E-state index contributed by atoms with van der Waals surface area (Å²) < 4.78 is 6.21. The average Bonchev–Trinajstić information content (AvgIpc) is 3.10. The van der Waals surface area contributed by atoms with Gasteiger partial charge in [-0.3, -0.25) is 0 Å². The molecule has 0 aromatic carbocycles. The van der Waals surface area contributed by atoms with Crippen LogP contribution < -0.4 is 5.32 Å². The Hall–Kier alpha value is -0.120. The monoisotopic (exact) mass is 266 g/mol. The van der Waals surface area contributed by atoms with Gasteiger partial charge in [0, 0.05) is 19.1 Å². The van der Waals surface area contributed by atoms with E-state index in [9.17, 15) is 0 Å². The van der Waals surface area contributed by atoms with Crippen LogP contribution in [0.15, 0.2) is 0 Å². The zero-order chi connectivity index (χ0) is 12.9. The lowest BCUT2D eigenvalue weighted by Crippen LogP contribution is -2.36. The summed E-state index contributed by atoms with van der Waals surface area (Å²) in [5.74, 6) is 0. The van der Waals surface area contributed by atoms with E-state index in [0.29, 0.717) is 12.2 Å². The molecule has 2 unspecified atom stereocenters. The predicted molar refractivity (Wildman–Crippen MR) is 78.4 cm³/mol. The van der Waals surface area contributed by atoms with Gasteiger partial charge in [0.15, 0.2) is 0 Å². The number of hydrogen-bond acceptors (Lipinski definition) is 3. The van der Waals surface area contributed by atoms with E-state index < -0.39 is 0 Å². The van der Waals surface area contributed by atoms with Gasteiger partial charge in [-0.1, -0.05) is 19.3 Å². The van der Waals surface area contributed by atoms with Crippen molar-refractivity contribution in [1.29, 1.82) is 0 Å². The molecule has 3 heteroatoms. The van der Waals surface area contributed by atoms with Crippen LogP contribution in [-0.2, 0) is 4.74 Å². The van der Waals surface area contributed by atoms with E-state index in [1.54, 1.807) is 0 Å². The van der Waals surface area contributed by atoms with E-state index in [4.69, 9.17) is 4.74 Å². The summed E-state index contributed by atoms with van der Waals surface area (Å²) in [7, 11) is 0. The highest BCUT2D eigenvalue weighted by molar-refractivity contribution is 4.84. The zero-order valence-electron chi connectivity index (χ0n) is 12.3. The molecule has 1 aliphatic carbocycles. The highest BCUT2D eigenvalue weighted by atomic mass is 16.5. The SMILES string of the molecule is C1CCCN(CC2CCC(CNC3CC3)O2)CCC1. The molecule has 3 rings (SSSR count). The van der Waals surface area contributed by atoms with Crippen LogP contribution in [0.25, 0.3) is 0 Å². The molecule has 2 atom stereocenters. The molecular formula is C16H30N2O. The van der Waals surface area contributed by atoms with Gasteiger partial charge in [-0.05, 0) is 51.6 Å². The van der Waals surface area contributed by atoms with Gasteiger partial charge in [0.2, 0.25) is 0 Å². The first-order valence-electron chi connectivity index (χ1n) is 8.51. The first-order valence-corrected chi connectivity index (χ1v) is 8.51. The van der Waals surface area contributed by atoms with Crippen molar-refractivity contribution in [2.75, 3.05) is 26.2 Å². The van der Waals surface area contributed by atoms with E-state index in [2.05, 4.69) is 10.2 Å². The normalized spacial score (nSPS) is 34.1. The maximum absolute atomic E-state index is 6.21. The second-order valence-corrected chi connectivity index (χ2v) is 6.71. The highest BCUT2D eigenvalue weighted by Crippen LogP contribution is 2.23. The summed E-state index contributed by atoms with van der Waals surface area (Å²) in [4.78, 5) is 2.65. The van der Waals surface area contributed by atoms with Crippen LogP contribution >= 0.6 is 0 Å². The quantitative estimate of drug-likeness (QED) is 0.827. The predicted octanol–water partition coefficient (Wildman–Crippen LogP) is 2.55. The van der Waals surface area contributed by atoms with E-state index >= 15 is 0 Å². The number of nitrogens with zero attached hydrogens (tertiary/aromatic N) is 1. The van der Waals surface area contributed by atoms with Crippen molar-refractivity contribution < 1.29 is 4.74 Å². The molecule has 0 spiro atoms. The van der Waals surface area contributed by atoms with Crippen molar-refractivity contribution in [3.8, 4) is 0 Å². The van der Waals surface area contributed by atoms with E-state index in [1.165, 1.54) is 77.4 Å². The first kappa shape index (κ1) is 13.8. The lowest BCUT2D eigenvalue weighted by atomic mass is 10.1. The molecular weight excluding hydrogens is 236 g/mol. The van der Waals surface area contributed by atoms with Gasteiger partial charge in [0.25, 0.3) is 0 Å². The van der Waals surface area contributed by atoms with Crippen molar-refractivity contribution in [2.24, 2.45) is 0 Å². The Morgan fingerprint density at radius 1 is 0.842 bits per heavy atom. The molecule has 3 fully saturated rings. The van der Waals surface area contributed by atoms with Gasteiger partial charge in [-0.25, -0.2) is 0 Å². The number of ether oxygens (including phenoxy) is 1. The van der Waals surface area contributed by atoms with Crippen LogP contribution in [0.1, 0.15) is 57.8 Å². The molecule has 3 aliphatic rings. The Morgan fingerprint density at radius 2 is 1.53 bits per heavy atom. The number of rotatable bonds is 5. The molecule has 0 bridgehead atoms. The van der Waals surface area contributed by atoms with Crippen LogP contribution in [-0.4, -0.2) is 49.3 Å². The van der Waals surface area contributed by atoms with Crippen LogP contribution in [0.2, 0.25) is 0 Å². The maximum atomic E-state index is 6.21. The molecule has 2 aliphatic heterocycles. The summed E-state index contributed by atoms with van der Waals surface area (Å²) >= 11 is 0. The van der Waals surface area contributed by atoms with Crippen molar-refractivity contribution in [3.05, 3.63) is 0 Å². The molecule has 2 saturated heterocycles. The van der Waals surface area contributed by atoms with Gasteiger partial charge in [-0.2, -0.15) is 0 Å². The second kappa shape index (κ2) is 7.05. The number of nitrogens with one attached hydrogen (secondary N) is 1. The molecule has 19 heavy (non-hydrogen) atoms.